The van der Waals surface area contributed by atoms with Crippen LogP contribution in [-0.4, -0.2) is 37.1 Å². The van der Waals surface area contributed by atoms with Crippen LogP contribution in [-0.2, 0) is 11.3 Å². The number of nitrogens with two attached hydrogens (primary N) is 1. The van der Waals surface area contributed by atoms with Crippen LogP contribution in [0.2, 0.25) is 0 Å². The zero-order valence-electron chi connectivity index (χ0n) is 13.9. The molecule has 24 heavy (non-hydrogen) atoms. The van der Waals surface area contributed by atoms with E-state index in [9.17, 15) is 4.79 Å². The number of esters is 1. The van der Waals surface area contributed by atoms with E-state index in [1.54, 1.807) is 13.0 Å². The molecule has 2 heterocycles. The Morgan fingerprint density at radius 2 is 2.04 bits per heavy atom. The summed E-state index contributed by atoms with van der Waals surface area (Å²) in [5.74, 6) is 1.32. The Hall–Kier alpha value is -1.82. The maximum Gasteiger partial charge on any atom is 0.341 e. The van der Waals surface area contributed by atoms with Crippen LogP contribution < -0.4 is 5.73 Å². The van der Waals surface area contributed by atoms with Crippen LogP contribution in [0.15, 0.2) is 40.8 Å². The van der Waals surface area contributed by atoms with Crippen molar-refractivity contribution in [2.24, 2.45) is 5.73 Å². The first-order valence-corrected chi connectivity index (χ1v) is 7.79. The molecule has 0 aliphatic carbocycles. The molecule has 0 saturated carbocycles. The molecule has 0 amide bonds. The van der Waals surface area contributed by atoms with E-state index in [1.165, 1.54) is 12.7 Å². The molecule has 2 aromatic rings. The van der Waals surface area contributed by atoms with Gasteiger partial charge in [-0.1, -0.05) is 30.3 Å². The van der Waals surface area contributed by atoms with Crippen LogP contribution in [0.3, 0.4) is 0 Å². The van der Waals surface area contributed by atoms with Crippen molar-refractivity contribution in [1.82, 2.24) is 4.90 Å². The molecular weight excluding hydrogens is 328 g/mol. The van der Waals surface area contributed by atoms with Gasteiger partial charge in [-0.15, -0.1) is 12.4 Å². The topological polar surface area (TPSA) is 68.7 Å². The number of nitrogens with zero attached hydrogens (tertiary/aromatic N) is 1. The van der Waals surface area contributed by atoms with Gasteiger partial charge in [0.15, 0.2) is 0 Å². The predicted octanol–water partition coefficient (Wildman–Crippen LogP) is 2.72. The first-order chi connectivity index (χ1) is 11.1. The molecule has 130 valence electrons. The summed E-state index contributed by atoms with van der Waals surface area (Å²) >= 11 is 0. The van der Waals surface area contributed by atoms with Gasteiger partial charge in [0.25, 0.3) is 0 Å². The first-order valence-electron chi connectivity index (χ1n) is 7.79. The number of rotatable bonds is 4. The lowest BCUT2D eigenvalue weighted by Crippen LogP contribution is -2.28. The van der Waals surface area contributed by atoms with Gasteiger partial charge < -0.3 is 14.9 Å². The average molecular weight is 351 g/mol. The highest BCUT2D eigenvalue weighted by atomic mass is 35.5. The smallest absolute Gasteiger partial charge is 0.341 e. The summed E-state index contributed by atoms with van der Waals surface area (Å²) in [6.45, 7) is 4.12. The van der Waals surface area contributed by atoms with Gasteiger partial charge in [-0.25, -0.2) is 4.79 Å². The van der Waals surface area contributed by atoms with Crippen LogP contribution in [0.1, 0.15) is 33.4 Å². The highest BCUT2D eigenvalue weighted by molar-refractivity contribution is 5.90. The van der Waals surface area contributed by atoms with Gasteiger partial charge in [-0.3, -0.25) is 4.90 Å². The van der Waals surface area contributed by atoms with Crippen LogP contribution >= 0.6 is 12.4 Å². The monoisotopic (exact) mass is 350 g/mol. The lowest BCUT2D eigenvalue weighted by atomic mass is 9.95. The predicted molar refractivity (Wildman–Crippen MR) is 94.5 cm³/mol. The van der Waals surface area contributed by atoms with Crippen LogP contribution in [0.4, 0.5) is 0 Å². The third kappa shape index (κ3) is 3.80. The van der Waals surface area contributed by atoms with Gasteiger partial charge in [0.05, 0.1) is 13.7 Å². The Morgan fingerprint density at radius 3 is 2.71 bits per heavy atom. The highest BCUT2D eigenvalue weighted by Gasteiger charge is 2.31. The van der Waals surface area contributed by atoms with Crippen molar-refractivity contribution >= 4 is 18.4 Å². The Balaban J connectivity index is 0.00000208. The molecular formula is C18H23ClN2O3. The number of likely N-dealkylation sites (tertiary alicyclic amines) is 1. The molecule has 1 aromatic carbocycles. The fourth-order valence-electron chi connectivity index (χ4n) is 3.25. The van der Waals surface area contributed by atoms with Crippen LogP contribution in [0.25, 0.3) is 0 Å². The molecule has 1 fully saturated rings. The summed E-state index contributed by atoms with van der Waals surface area (Å²) in [6.07, 6.45) is 0. The van der Waals surface area contributed by atoms with Crippen LogP contribution in [0, 0.1) is 6.92 Å². The van der Waals surface area contributed by atoms with Gasteiger partial charge in [-0.05, 0) is 18.6 Å². The second-order valence-electron chi connectivity index (χ2n) is 6.05. The van der Waals surface area contributed by atoms with Gasteiger partial charge in [0.2, 0.25) is 0 Å². The SMILES string of the molecule is COC(=O)c1cc(CN2C[C@@H](N)[C@H](c3ccccc3)C2)oc1C.Cl. The number of hydrogen-bond donors (Lipinski definition) is 1. The molecule has 2 N–H and O–H groups in total. The number of furan rings is 1. The van der Waals surface area contributed by atoms with Crippen molar-refractivity contribution in [2.45, 2.75) is 25.4 Å². The molecule has 5 nitrogen and oxygen atoms in total. The summed E-state index contributed by atoms with van der Waals surface area (Å²) in [6, 6.07) is 12.2. The van der Waals surface area contributed by atoms with Gasteiger partial charge in [-0.2, -0.15) is 0 Å². The minimum atomic E-state index is -0.363. The Labute approximate surface area is 148 Å². The zero-order chi connectivity index (χ0) is 16.4. The third-order valence-corrected chi connectivity index (χ3v) is 4.42. The molecule has 3 rings (SSSR count). The number of benzene rings is 1. The largest absolute Gasteiger partial charge is 0.465 e. The number of carbonyl (C=O) groups excluding carboxylic acids is 1. The number of methoxy groups -OCH3 is 1. The van der Waals surface area contributed by atoms with Crippen molar-refractivity contribution in [3.8, 4) is 0 Å². The average Bonchev–Trinajstić information content (AvgIpc) is 3.10. The quantitative estimate of drug-likeness (QED) is 0.859. The van der Waals surface area contributed by atoms with Crippen molar-refractivity contribution in [3.05, 3.63) is 59.0 Å². The van der Waals surface area contributed by atoms with Gasteiger partial charge >= 0.3 is 5.97 Å². The maximum atomic E-state index is 11.7. The summed E-state index contributed by atoms with van der Waals surface area (Å²) in [5.41, 5.74) is 8.08. The normalized spacial score (nSPS) is 20.6. The molecule has 6 heteroatoms. The second-order valence-corrected chi connectivity index (χ2v) is 6.05. The Bertz CT molecular complexity index is 687. The fourth-order valence-corrected chi connectivity index (χ4v) is 3.25. The van der Waals surface area contributed by atoms with Crippen molar-refractivity contribution in [2.75, 3.05) is 20.2 Å². The number of carbonyl (C=O) groups is 1. The molecule has 0 unspecified atom stereocenters. The van der Waals surface area contributed by atoms with E-state index in [4.69, 9.17) is 14.9 Å². The summed E-state index contributed by atoms with van der Waals surface area (Å²) in [5, 5.41) is 0. The molecule has 1 saturated heterocycles. The Morgan fingerprint density at radius 1 is 1.33 bits per heavy atom. The molecule has 2 atom stereocenters. The van der Waals surface area contributed by atoms with Gasteiger partial charge in [0.1, 0.15) is 17.1 Å². The lowest BCUT2D eigenvalue weighted by Gasteiger charge is -2.15. The van der Waals surface area contributed by atoms with E-state index in [0.717, 1.165) is 18.8 Å². The van der Waals surface area contributed by atoms with Crippen molar-refractivity contribution in [3.63, 3.8) is 0 Å². The molecule has 1 aliphatic heterocycles. The van der Waals surface area contributed by atoms with E-state index in [0.29, 0.717) is 23.8 Å². The second kappa shape index (κ2) is 7.83. The van der Waals surface area contributed by atoms with E-state index < -0.39 is 0 Å². The number of halogens is 1. The van der Waals surface area contributed by atoms with Crippen LogP contribution in [0.5, 0.6) is 0 Å². The molecule has 0 radical (unpaired) electrons. The van der Waals surface area contributed by atoms with Crippen molar-refractivity contribution < 1.29 is 13.9 Å². The molecule has 0 spiro atoms. The van der Waals surface area contributed by atoms with E-state index >= 15 is 0 Å². The maximum absolute atomic E-state index is 11.7. The fraction of sp³-hybridized carbons (Fsp3) is 0.389. The minimum absolute atomic E-state index is 0. The standard InChI is InChI=1S/C18H22N2O3.ClH/c1-12-15(18(21)22-2)8-14(23-12)9-20-10-16(17(19)11-20)13-6-4-3-5-7-13;/h3-8,16-17H,9-11,19H2,1-2H3;1H/t16-,17+;/m0./s1. The number of ether oxygens (including phenoxy) is 1. The Kier molecular flexibility index (Phi) is 6.04. The van der Waals surface area contributed by atoms with E-state index in [1.807, 2.05) is 18.2 Å². The number of hydrogen-bond acceptors (Lipinski definition) is 5. The van der Waals surface area contributed by atoms with Gasteiger partial charge in [0, 0.05) is 25.0 Å². The van der Waals surface area contributed by atoms with Crippen molar-refractivity contribution in [1.29, 1.82) is 0 Å². The number of aryl methyl sites for hydroxylation is 1. The lowest BCUT2D eigenvalue weighted by molar-refractivity contribution is 0.0599. The first kappa shape index (κ1) is 18.5. The third-order valence-electron chi connectivity index (χ3n) is 4.42. The highest BCUT2D eigenvalue weighted by Crippen LogP contribution is 2.28. The summed E-state index contributed by atoms with van der Waals surface area (Å²) < 4.78 is 10.5. The minimum Gasteiger partial charge on any atom is -0.465 e. The molecule has 1 aliphatic rings. The van der Waals surface area contributed by atoms with E-state index in [-0.39, 0.29) is 24.4 Å². The molecule has 0 bridgehead atoms. The van der Waals surface area contributed by atoms with E-state index in [2.05, 4.69) is 17.0 Å². The molecule has 1 aromatic heterocycles. The summed E-state index contributed by atoms with van der Waals surface area (Å²) in [7, 11) is 1.37. The zero-order valence-corrected chi connectivity index (χ0v) is 14.7. The summed E-state index contributed by atoms with van der Waals surface area (Å²) in [4.78, 5) is 13.9.